The first-order chi connectivity index (χ1) is 42.6. The summed E-state index contributed by atoms with van der Waals surface area (Å²) in [6, 6.07) is 106. The molecule has 0 unspecified atom stereocenters. The van der Waals surface area contributed by atoms with Crippen LogP contribution in [0.3, 0.4) is 0 Å². The third-order valence-electron chi connectivity index (χ3n) is 16.1. The van der Waals surface area contributed by atoms with Gasteiger partial charge >= 0.3 is 0 Å². The van der Waals surface area contributed by atoms with Gasteiger partial charge in [-0.05, 0) is 154 Å². The van der Waals surface area contributed by atoms with Gasteiger partial charge in [0.1, 0.15) is 11.0 Å². The predicted octanol–water partition coefficient (Wildman–Crippen LogP) is 21.2. The smallest absolute Gasteiger partial charge is 0.227 e. The Kier molecular flexibility index (Phi) is 12.3. The summed E-state index contributed by atoms with van der Waals surface area (Å²) < 4.78 is 12.4. The average molecular weight is 1100 g/mol. The number of hydrogen-bond donors (Lipinski definition) is 0. The first-order valence-electron chi connectivity index (χ1n) is 28.8. The van der Waals surface area contributed by atoms with E-state index in [2.05, 4.69) is 252 Å². The SMILES string of the molecule is c1ccc(N(c2ccc(-c3nc4ccccc4o3)cc2)c2ccc(-c3nc4c(-c5cccc6ccccc56)ccc(-c5cccc6ccccc56)c4nc3-c3ccc(N(c4ccccc4)c4ccc(-c5nc6ccccc6o5)cc4)cc3)cc2)cc1. The molecule has 0 fully saturated rings. The Labute approximate surface area is 495 Å². The van der Waals surface area contributed by atoms with Crippen LogP contribution < -0.4 is 9.80 Å². The van der Waals surface area contributed by atoms with Gasteiger partial charge in [-0.2, -0.15) is 0 Å². The van der Waals surface area contributed by atoms with Gasteiger partial charge in [0.2, 0.25) is 11.8 Å². The molecular formula is C78H50N6O2. The third-order valence-corrected chi connectivity index (χ3v) is 16.1. The Morgan fingerprint density at radius 2 is 0.558 bits per heavy atom. The van der Waals surface area contributed by atoms with Crippen LogP contribution in [0, 0.1) is 0 Å². The van der Waals surface area contributed by atoms with Gasteiger partial charge in [-0.1, -0.05) is 182 Å². The number of nitrogens with zero attached hydrogens (tertiary/aromatic N) is 6. The second kappa shape index (κ2) is 21.2. The molecular weight excluding hydrogens is 1050 g/mol. The minimum absolute atomic E-state index is 0.583. The van der Waals surface area contributed by atoms with E-state index in [9.17, 15) is 0 Å². The van der Waals surface area contributed by atoms with Crippen molar-refractivity contribution in [3.8, 4) is 67.7 Å². The van der Waals surface area contributed by atoms with Crippen LogP contribution in [-0.4, -0.2) is 19.9 Å². The quantitative estimate of drug-likeness (QED) is 0.120. The summed E-state index contributed by atoms with van der Waals surface area (Å²) in [5.41, 5.74) is 20.1. The molecule has 8 heteroatoms. The van der Waals surface area contributed by atoms with Crippen LogP contribution in [0.5, 0.6) is 0 Å². The molecule has 0 aliphatic rings. The molecule has 0 spiro atoms. The van der Waals surface area contributed by atoms with Crippen molar-refractivity contribution >= 4 is 88.9 Å². The zero-order valence-electron chi connectivity index (χ0n) is 46.4. The van der Waals surface area contributed by atoms with Gasteiger partial charge in [-0.3, -0.25) is 0 Å². The summed E-state index contributed by atoms with van der Waals surface area (Å²) in [4.78, 5) is 25.9. The van der Waals surface area contributed by atoms with Crippen molar-refractivity contribution < 1.29 is 8.83 Å². The van der Waals surface area contributed by atoms with Crippen LogP contribution in [0.4, 0.5) is 34.1 Å². The van der Waals surface area contributed by atoms with E-state index in [1.807, 2.05) is 60.7 Å². The fourth-order valence-electron chi connectivity index (χ4n) is 12.0. The Hall–Kier alpha value is -11.7. The molecule has 3 aromatic heterocycles. The first-order valence-corrected chi connectivity index (χ1v) is 28.8. The summed E-state index contributed by atoms with van der Waals surface area (Å²) in [5.74, 6) is 1.17. The molecule has 0 saturated carbocycles. The van der Waals surface area contributed by atoms with Gasteiger partial charge in [0.15, 0.2) is 11.2 Å². The zero-order valence-corrected chi connectivity index (χ0v) is 46.4. The number of hydrogen-bond acceptors (Lipinski definition) is 8. The molecule has 8 nitrogen and oxygen atoms in total. The molecule has 0 radical (unpaired) electrons. The highest BCUT2D eigenvalue weighted by atomic mass is 16.4. The van der Waals surface area contributed by atoms with Gasteiger partial charge in [-0.25, -0.2) is 19.9 Å². The topological polar surface area (TPSA) is 84.3 Å². The van der Waals surface area contributed by atoms with Crippen molar-refractivity contribution in [3.63, 3.8) is 0 Å². The number of anilines is 6. The Morgan fingerprint density at radius 1 is 0.233 bits per heavy atom. The van der Waals surface area contributed by atoms with E-state index in [0.717, 1.165) is 145 Å². The van der Waals surface area contributed by atoms with E-state index in [-0.39, 0.29) is 0 Å². The van der Waals surface area contributed by atoms with Crippen molar-refractivity contribution in [3.05, 3.63) is 303 Å². The molecule has 0 aliphatic carbocycles. The molecule has 86 heavy (non-hydrogen) atoms. The minimum Gasteiger partial charge on any atom is -0.436 e. The van der Waals surface area contributed by atoms with Crippen LogP contribution in [0.25, 0.3) is 122 Å². The maximum atomic E-state index is 6.18. The highest BCUT2D eigenvalue weighted by Gasteiger charge is 2.23. The Balaban J connectivity index is 0.862. The molecule has 3 heterocycles. The van der Waals surface area contributed by atoms with E-state index < -0.39 is 0 Å². The van der Waals surface area contributed by atoms with Crippen molar-refractivity contribution in [1.29, 1.82) is 0 Å². The van der Waals surface area contributed by atoms with E-state index >= 15 is 0 Å². The van der Waals surface area contributed by atoms with Crippen molar-refractivity contribution in [2.24, 2.45) is 0 Å². The summed E-state index contributed by atoms with van der Waals surface area (Å²) in [6.45, 7) is 0. The van der Waals surface area contributed by atoms with Crippen molar-refractivity contribution in [1.82, 2.24) is 19.9 Å². The second-order valence-corrected chi connectivity index (χ2v) is 21.3. The monoisotopic (exact) mass is 1100 g/mol. The minimum atomic E-state index is 0.583. The number of benzene rings is 13. The maximum Gasteiger partial charge on any atom is 0.227 e. The molecule has 16 aromatic rings. The molecule has 0 N–H and O–H groups in total. The number of fused-ring (bicyclic) bond motifs is 5. The highest BCUT2D eigenvalue weighted by Crippen LogP contribution is 2.45. The summed E-state index contributed by atoms with van der Waals surface area (Å²) >= 11 is 0. The van der Waals surface area contributed by atoms with Crippen LogP contribution in [0.2, 0.25) is 0 Å². The highest BCUT2D eigenvalue weighted by molar-refractivity contribution is 6.11. The lowest BCUT2D eigenvalue weighted by Gasteiger charge is -2.26. The molecule has 0 amide bonds. The number of rotatable bonds is 12. The molecule has 0 saturated heterocycles. The molecule has 0 aliphatic heterocycles. The van der Waals surface area contributed by atoms with Crippen LogP contribution in [0.1, 0.15) is 0 Å². The normalized spacial score (nSPS) is 11.5. The van der Waals surface area contributed by atoms with Crippen LogP contribution in [0.15, 0.2) is 312 Å². The van der Waals surface area contributed by atoms with E-state index in [0.29, 0.717) is 11.8 Å². The summed E-state index contributed by atoms with van der Waals surface area (Å²) in [6.07, 6.45) is 0. The number of oxazole rings is 2. The van der Waals surface area contributed by atoms with Crippen LogP contribution in [-0.2, 0) is 0 Å². The van der Waals surface area contributed by atoms with Crippen molar-refractivity contribution in [2.45, 2.75) is 0 Å². The fraction of sp³-hybridized carbons (Fsp3) is 0. The lowest BCUT2D eigenvalue weighted by atomic mass is 9.91. The fourth-order valence-corrected chi connectivity index (χ4v) is 12.0. The summed E-state index contributed by atoms with van der Waals surface area (Å²) in [5, 5.41) is 4.61. The molecule has 13 aromatic carbocycles. The largest absolute Gasteiger partial charge is 0.436 e. The van der Waals surface area contributed by atoms with Gasteiger partial charge in [-0.15, -0.1) is 0 Å². The third kappa shape index (κ3) is 9.06. The Bertz CT molecular complexity index is 4760. The average Bonchev–Trinajstić information content (AvgIpc) is 1.70. The van der Waals surface area contributed by atoms with Gasteiger partial charge in [0, 0.05) is 67.5 Å². The van der Waals surface area contributed by atoms with E-state index in [1.165, 1.54) is 0 Å². The first kappa shape index (κ1) is 50.0. The second-order valence-electron chi connectivity index (χ2n) is 21.3. The van der Waals surface area contributed by atoms with E-state index in [4.69, 9.17) is 28.8 Å². The van der Waals surface area contributed by atoms with Gasteiger partial charge in [0.05, 0.1) is 22.4 Å². The molecule has 0 bridgehead atoms. The standard InChI is InChI=1S/C78H50N6O2/c1-3-21-57(22-4-1)83(61-45-37-55(38-46-61)77-79-69-29-11-13-31-71(69)85-77)59-41-33-53(34-42-59)73-74(54-35-43-60(44-36-54)84(58-23-5-2-6-24-58)62-47-39-56(40-48-62)78-80-70-30-12-14-32-72(70)86-78)82-76-68(66-28-16-20-52-18-8-10-26-64(52)66)50-49-67(75(76)81-73)65-27-15-19-51-17-7-9-25-63(51)65/h1-50H. The molecule has 16 rings (SSSR count). The van der Waals surface area contributed by atoms with Gasteiger partial charge < -0.3 is 18.6 Å². The predicted molar refractivity (Wildman–Crippen MR) is 352 cm³/mol. The number of para-hydroxylation sites is 6. The molecule has 0 atom stereocenters. The zero-order chi connectivity index (χ0) is 56.9. The lowest BCUT2D eigenvalue weighted by Crippen LogP contribution is -2.10. The van der Waals surface area contributed by atoms with E-state index in [1.54, 1.807) is 0 Å². The number of aromatic nitrogens is 4. The molecule has 404 valence electrons. The van der Waals surface area contributed by atoms with Crippen molar-refractivity contribution in [2.75, 3.05) is 9.80 Å². The lowest BCUT2D eigenvalue weighted by molar-refractivity contribution is 0.619. The van der Waals surface area contributed by atoms with Gasteiger partial charge in [0.25, 0.3) is 0 Å². The summed E-state index contributed by atoms with van der Waals surface area (Å²) in [7, 11) is 0. The Morgan fingerprint density at radius 3 is 0.953 bits per heavy atom. The maximum absolute atomic E-state index is 6.18. The van der Waals surface area contributed by atoms with Crippen LogP contribution >= 0.6 is 0 Å².